The van der Waals surface area contributed by atoms with Gasteiger partial charge in [0, 0.05) is 24.7 Å². The molecule has 3 rings (SSSR count). The largest absolute Gasteiger partial charge is 0.329 e. The normalized spacial score (nSPS) is 28.1. The molecular formula is C17H24ClFN2. The van der Waals surface area contributed by atoms with Gasteiger partial charge in [-0.05, 0) is 37.3 Å². The Hall–Kier alpha value is -0.640. The van der Waals surface area contributed by atoms with Crippen molar-refractivity contribution in [3.05, 3.63) is 34.6 Å². The molecule has 1 aromatic rings. The summed E-state index contributed by atoms with van der Waals surface area (Å²) >= 11 is 5.93. The fraction of sp³-hybridized carbons (Fsp3) is 0.647. The summed E-state index contributed by atoms with van der Waals surface area (Å²) in [6.07, 6.45) is 6.63. The average Bonchev–Trinajstić information content (AvgIpc) is 2.52. The summed E-state index contributed by atoms with van der Waals surface area (Å²) in [6, 6.07) is 5.19. The van der Waals surface area contributed by atoms with Gasteiger partial charge < -0.3 is 5.73 Å². The van der Waals surface area contributed by atoms with E-state index in [-0.39, 0.29) is 16.9 Å². The molecule has 0 spiro atoms. The van der Waals surface area contributed by atoms with Crippen LogP contribution in [-0.4, -0.2) is 24.5 Å². The Bertz CT molecular complexity index is 494. The molecule has 0 bridgehead atoms. The second-order valence-corrected chi connectivity index (χ2v) is 6.89. The molecule has 116 valence electrons. The molecule has 0 amide bonds. The number of piperidine rings is 1. The standard InChI is InChI=1S/C17H24ClFN2/c18-15-7-3-6-14(17(15)19)16(10-20)21-9-8-12-4-1-2-5-13(12)11-21/h3,6-7,12-13,16H,1-2,4-5,8-11,20H2. The highest BCUT2D eigenvalue weighted by Gasteiger charge is 2.34. The number of likely N-dealkylation sites (tertiary alicyclic amines) is 1. The minimum atomic E-state index is -0.305. The number of fused-ring (bicyclic) bond motifs is 1. The van der Waals surface area contributed by atoms with Crippen molar-refractivity contribution in [2.45, 2.75) is 38.1 Å². The first-order chi connectivity index (χ1) is 10.2. The number of hydrogen-bond acceptors (Lipinski definition) is 2. The molecular weight excluding hydrogens is 287 g/mol. The van der Waals surface area contributed by atoms with Crippen LogP contribution in [0.5, 0.6) is 0 Å². The second-order valence-electron chi connectivity index (χ2n) is 6.48. The van der Waals surface area contributed by atoms with E-state index in [1.807, 2.05) is 12.1 Å². The molecule has 3 atom stereocenters. The van der Waals surface area contributed by atoms with E-state index in [0.29, 0.717) is 12.1 Å². The van der Waals surface area contributed by atoms with E-state index < -0.39 is 0 Å². The number of nitrogens with two attached hydrogens (primary N) is 1. The summed E-state index contributed by atoms with van der Waals surface area (Å²) in [7, 11) is 0. The van der Waals surface area contributed by atoms with Crippen molar-refractivity contribution < 1.29 is 4.39 Å². The number of benzene rings is 1. The lowest BCUT2D eigenvalue weighted by Crippen LogP contribution is -2.45. The van der Waals surface area contributed by atoms with Crippen LogP contribution in [0.15, 0.2) is 18.2 Å². The van der Waals surface area contributed by atoms with Crippen LogP contribution in [0.2, 0.25) is 5.02 Å². The Labute approximate surface area is 131 Å². The summed E-state index contributed by atoms with van der Waals surface area (Å²) < 4.78 is 14.3. The Morgan fingerprint density at radius 3 is 2.76 bits per heavy atom. The van der Waals surface area contributed by atoms with E-state index in [1.54, 1.807) is 6.07 Å². The quantitative estimate of drug-likeness (QED) is 0.914. The molecule has 2 fully saturated rings. The molecule has 2 nitrogen and oxygen atoms in total. The Balaban J connectivity index is 1.78. The molecule has 1 heterocycles. The van der Waals surface area contributed by atoms with Gasteiger partial charge in [-0.1, -0.05) is 43.0 Å². The van der Waals surface area contributed by atoms with Crippen LogP contribution in [-0.2, 0) is 0 Å². The molecule has 2 aliphatic rings. The molecule has 1 saturated carbocycles. The smallest absolute Gasteiger partial charge is 0.146 e. The van der Waals surface area contributed by atoms with Gasteiger partial charge >= 0.3 is 0 Å². The number of nitrogens with zero attached hydrogens (tertiary/aromatic N) is 1. The molecule has 0 radical (unpaired) electrons. The topological polar surface area (TPSA) is 29.3 Å². The van der Waals surface area contributed by atoms with Crippen molar-refractivity contribution in [1.29, 1.82) is 0 Å². The first-order valence-corrected chi connectivity index (χ1v) is 8.46. The van der Waals surface area contributed by atoms with Crippen LogP contribution in [0.4, 0.5) is 4.39 Å². The van der Waals surface area contributed by atoms with E-state index in [2.05, 4.69) is 4.90 Å². The summed E-state index contributed by atoms with van der Waals surface area (Å²) in [5.74, 6) is 1.34. The van der Waals surface area contributed by atoms with Crippen molar-refractivity contribution in [2.75, 3.05) is 19.6 Å². The summed E-state index contributed by atoms with van der Waals surface area (Å²) in [5.41, 5.74) is 6.62. The Morgan fingerprint density at radius 1 is 1.24 bits per heavy atom. The lowest BCUT2D eigenvalue weighted by Gasteiger charge is -2.44. The van der Waals surface area contributed by atoms with E-state index in [0.717, 1.165) is 24.9 Å². The van der Waals surface area contributed by atoms with Crippen LogP contribution in [0.3, 0.4) is 0 Å². The maximum absolute atomic E-state index is 14.3. The monoisotopic (exact) mass is 310 g/mol. The van der Waals surface area contributed by atoms with Gasteiger partial charge in [-0.25, -0.2) is 4.39 Å². The van der Waals surface area contributed by atoms with Gasteiger partial charge in [-0.15, -0.1) is 0 Å². The SMILES string of the molecule is NCC(c1cccc(Cl)c1F)N1CCC2CCCCC2C1. The molecule has 3 unspecified atom stereocenters. The van der Waals surface area contributed by atoms with Crippen molar-refractivity contribution >= 4 is 11.6 Å². The molecule has 1 aliphatic heterocycles. The first kappa shape index (κ1) is 15.3. The molecule has 1 aliphatic carbocycles. The number of hydrogen-bond donors (Lipinski definition) is 1. The summed E-state index contributed by atoms with van der Waals surface area (Å²) in [5, 5.41) is 0.193. The molecule has 21 heavy (non-hydrogen) atoms. The third-order valence-electron chi connectivity index (χ3n) is 5.33. The van der Waals surface area contributed by atoms with Crippen molar-refractivity contribution in [3.8, 4) is 0 Å². The summed E-state index contributed by atoms with van der Waals surface area (Å²) in [4.78, 5) is 2.38. The fourth-order valence-electron chi connectivity index (χ4n) is 4.16. The van der Waals surface area contributed by atoms with Crippen molar-refractivity contribution in [3.63, 3.8) is 0 Å². The third-order valence-corrected chi connectivity index (χ3v) is 5.62. The zero-order valence-corrected chi connectivity index (χ0v) is 13.2. The lowest BCUT2D eigenvalue weighted by molar-refractivity contribution is 0.0576. The minimum Gasteiger partial charge on any atom is -0.329 e. The predicted octanol–water partition coefficient (Wildman–Crippen LogP) is 3.99. The second kappa shape index (κ2) is 6.64. The highest BCUT2D eigenvalue weighted by atomic mass is 35.5. The maximum Gasteiger partial charge on any atom is 0.146 e. The van der Waals surface area contributed by atoms with Gasteiger partial charge in [0.2, 0.25) is 0 Å². The van der Waals surface area contributed by atoms with Crippen molar-refractivity contribution in [2.24, 2.45) is 17.6 Å². The molecule has 2 N–H and O–H groups in total. The Morgan fingerprint density at radius 2 is 2.00 bits per heavy atom. The number of halogens is 2. The van der Waals surface area contributed by atoms with Crippen LogP contribution in [0, 0.1) is 17.7 Å². The van der Waals surface area contributed by atoms with Crippen LogP contribution in [0.25, 0.3) is 0 Å². The zero-order valence-electron chi connectivity index (χ0n) is 12.4. The number of rotatable bonds is 3. The van der Waals surface area contributed by atoms with Gasteiger partial charge in [0.25, 0.3) is 0 Å². The molecule has 1 saturated heterocycles. The van der Waals surface area contributed by atoms with E-state index >= 15 is 0 Å². The van der Waals surface area contributed by atoms with Gasteiger partial charge in [-0.3, -0.25) is 4.90 Å². The van der Waals surface area contributed by atoms with E-state index in [1.165, 1.54) is 32.1 Å². The lowest BCUT2D eigenvalue weighted by atomic mass is 9.74. The molecule has 4 heteroatoms. The van der Waals surface area contributed by atoms with Gasteiger partial charge in [-0.2, -0.15) is 0 Å². The average molecular weight is 311 g/mol. The van der Waals surface area contributed by atoms with Crippen LogP contribution >= 0.6 is 11.6 Å². The van der Waals surface area contributed by atoms with Crippen LogP contribution in [0.1, 0.15) is 43.7 Å². The predicted molar refractivity (Wildman–Crippen MR) is 84.8 cm³/mol. The third kappa shape index (κ3) is 3.10. The van der Waals surface area contributed by atoms with Crippen LogP contribution < -0.4 is 5.73 Å². The Kier molecular flexibility index (Phi) is 4.82. The van der Waals surface area contributed by atoms with Gasteiger partial charge in [0.15, 0.2) is 0 Å². The zero-order chi connectivity index (χ0) is 14.8. The molecule has 0 aromatic heterocycles. The van der Waals surface area contributed by atoms with Crippen molar-refractivity contribution in [1.82, 2.24) is 4.90 Å². The van der Waals surface area contributed by atoms with Gasteiger partial charge in [0.05, 0.1) is 5.02 Å². The van der Waals surface area contributed by atoms with E-state index in [4.69, 9.17) is 17.3 Å². The fourth-order valence-corrected chi connectivity index (χ4v) is 4.34. The first-order valence-electron chi connectivity index (χ1n) is 8.08. The minimum absolute atomic E-state index is 0.0495. The highest BCUT2D eigenvalue weighted by Crippen LogP contribution is 2.39. The summed E-state index contributed by atoms with van der Waals surface area (Å²) in [6.45, 7) is 2.52. The highest BCUT2D eigenvalue weighted by molar-refractivity contribution is 6.30. The van der Waals surface area contributed by atoms with E-state index in [9.17, 15) is 4.39 Å². The van der Waals surface area contributed by atoms with Gasteiger partial charge in [0.1, 0.15) is 5.82 Å². The molecule has 1 aromatic carbocycles. The maximum atomic E-state index is 14.3.